The van der Waals surface area contributed by atoms with Crippen molar-refractivity contribution in [1.29, 1.82) is 0 Å². The number of allylic oxidation sites excluding steroid dienone is 1. The van der Waals surface area contributed by atoms with E-state index in [0.29, 0.717) is 24.6 Å². The van der Waals surface area contributed by atoms with Crippen LogP contribution in [0.25, 0.3) is 0 Å². The van der Waals surface area contributed by atoms with Crippen LogP contribution < -0.4 is 42.5 Å². The zero-order valence-electron chi connectivity index (χ0n) is 51.8. The molecule has 23 heteroatoms. The predicted octanol–water partition coefficient (Wildman–Crippen LogP) is 2.28. The number of aliphatic hydroxyl groups excluding tert-OH is 1. The number of carbonyl (C=O) groups is 10. The van der Waals surface area contributed by atoms with Crippen molar-refractivity contribution in [2.75, 3.05) is 33.7 Å². The Morgan fingerprint density at radius 2 is 1.11 bits per heavy atom. The maximum atomic E-state index is 14.2. The first-order valence-electron chi connectivity index (χ1n) is 28.5. The van der Waals surface area contributed by atoms with Gasteiger partial charge in [0.05, 0.1) is 12.1 Å². The number of hydrogen-bond acceptors (Lipinski definition) is 13. The molecule has 0 aliphatic carbocycles. The summed E-state index contributed by atoms with van der Waals surface area (Å²) in [5, 5.41) is 43.7. The van der Waals surface area contributed by atoms with E-state index in [1.807, 2.05) is 67.2 Å². The second kappa shape index (κ2) is 32.1. The minimum absolute atomic E-state index is 0.0206. The van der Waals surface area contributed by atoms with E-state index < -0.39 is 118 Å². The minimum Gasteiger partial charge on any atom is -0.390 e. The number of nitrogens with zero attached hydrogens (tertiary/aromatic N) is 3. The lowest BCUT2D eigenvalue weighted by Crippen LogP contribution is -2.66. The van der Waals surface area contributed by atoms with Crippen molar-refractivity contribution in [3.05, 3.63) is 12.2 Å². The number of hydrogen-bond donors (Lipinski definition) is 10. The standard InChI is InChI=1S/C57H103N11O12/c1-21-36(10)22-23-43(69)67-30-37(11)29-42(67)50(75)60-39(26-32(2)3)48(73)62-45(46(71)35(8)9)51(76)64-56(15,16)53(78)61-40(27-33(4)5)47(72)59-41(28-34(6)7)49(74)63-57(17,18)54(79)65-55(13,14)52(77)58-25-24-44(70)68(80)38(12)31-66(19)20/h22-23,32-42,45-46,71,80H,21,24-31H2,1-20H3,(H,58,77)(H,59,72)(H,60,75)(H,61,78)(H,62,73)(H,63,74)(H,64,76)(H,65,79)/b23-22+/t36-,37-,38-,39+,40+,41+,42+,45+,46-/m1/s1. The third kappa shape index (κ3) is 23.8. The molecule has 0 aromatic carbocycles. The smallest absolute Gasteiger partial charge is 0.247 e. The van der Waals surface area contributed by atoms with Gasteiger partial charge in [0.1, 0.15) is 46.8 Å². The summed E-state index contributed by atoms with van der Waals surface area (Å²) in [6.45, 7) is 31.0. The Hall–Kier alpha value is -5.68. The number of hydroxylamine groups is 2. The molecule has 1 aliphatic heterocycles. The molecule has 0 bridgehead atoms. The van der Waals surface area contributed by atoms with Gasteiger partial charge in [0.25, 0.3) is 0 Å². The van der Waals surface area contributed by atoms with Gasteiger partial charge in [0, 0.05) is 26.1 Å². The van der Waals surface area contributed by atoms with Gasteiger partial charge in [0.2, 0.25) is 59.1 Å². The molecule has 10 amide bonds. The summed E-state index contributed by atoms with van der Waals surface area (Å²) in [5.74, 6) is -7.58. The lowest BCUT2D eigenvalue weighted by atomic mass is 9.95. The van der Waals surface area contributed by atoms with Crippen LogP contribution in [-0.2, 0) is 47.9 Å². The average Bonchev–Trinajstić information content (AvgIpc) is 3.73. The second-order valence-corrected chi connectivity index (χ2v) is 25.5. The number of aliphatic hydroxyl groups is 1. The van der Waals surface area contributed by atoms with Crippen LogP contribution in [0.5, 0.6) is 0 Å². The quantitative estimate of drug-likeness (QED) is 0.0263. The molecule has 1 rings (SSSR count). The fourth-order valence-corrected chi connectivity index (χ4v) is 8.81. The Balaban J connectivity index is 3.28. The molecule has 0 radical (unpaired) electrons. The molecule has 0 saturated carbocycles. The first-order valence-corrected chi connectivity index (χ1v) is 28.5. The van der Waals surface area contributed by atoms with E-state index in [9.17, 15) is 58.3 Å². The number of rotatable bonds is 32. The monoisotopic (exact) mass is 1130 g/mol. The number of likely N-dealkylation sites (N-methyl/N-ethyl adjacent to an activating group) is 1. The molecular formula is C57H103N11O12. The molecule has 458 valence electrons. The average molecular weight is 1130 g/mol. The molecule has 0 unspecified atom stereocenters. The molecule has 0 aromatic rings. The molecule has 10 N–H and O–H groups in total. The molecule has 9 atom stereocenters. The maximum Gasteiger partial charge on any atom is 0.247 e. The fraction of sp³-hybridized carbons (Fsp3) is 0.789. The first kappa shape index (κ1) is 72.3. The van der Waals surface area contributed by atoms with Crippen molar-refractivity contribution in [2.45, 2.75) is 222 Å². The largest absolute Gasteiger partial charge is 0.390 e. The van der Waals surface area contributed by atoms with Gasteiger partial charge in [-0.2, -0.15) is 0 Å². The van der Waals surface area contributed by atoms with Crippen LogP contribution >= 0.6 is 0 Å². The first-order chi connectivity index (χ1) is 36.7. The van der Waals surface area contributed by atoms with Crippen molar-refractivity contribution >= 4 is 59.1 Å². The van der Waals surface area contributed by atoms with Crippen molar-refractivity contribution in [3.8, 4) is 0 Å². The van der Waals surface area contributed by atoms with Crippen molar-refractivity contribution in [2.24, 2.45) is 35.5 Å². The molecule has 1 heterocycles. The Bertz CT molecular complexity index is 2160. The summed E-state index contributed by atoms with van der Waals surface area (Å²) in [5.41, 5.74) is -4.93. The van der Waals surface area contributed by atoms with Gasteiger partial charge in [-0.25, -0.2) is 5.06 Å². The molecule has 1 saturated heterocycles. The van der Waals surface area contributed by atoms with Crippen molar-refractivity contribution in [3.63, 3.8) is 0 Å². The van der Waals surface area contributed by atoms with Crippen LogP contribution in [0.2, 0.25) is 0 Å². The molecule has 1 aliphatic rings. The van der Waals surface area contributed by atoms with Gasteiger partial charge in [-0.15, -0.1) is 0 Å². The van der Waals surface area contributed by atoms with E-state index in [1.54, 1.807) is 40.9 Å². The topological polar surface area (TPSA) is 317 Å². The van der Waals surface area contributed by atoms with Crippen LogP contribution in [0.1, 0.15) is 163 Å². The highest BCUT2D eigenvalue weighted by molar-refractivity contribution is 6.00. The second-order valence-electron chi connectivity index (χ2n) is 25.5. The van der Waals surface area contributed by atoms with Crippen LogP contribution in [0.15, 0.2) is 12.2 Å². The van der Waals surface area contributed by atoms with Crippen LogP contribution in [0.4, 0.5) is 0 Å². The van der Waals surface area contributed by atoms with E-state index in [2.05, 4.69) is 42.5 Å². The van der Waals surface area contributed by atoms with E-state index in [1.165, 1.54) is 52.5 Å². The van der Waals surface area contributed by atoms with E-state index in [-0.39, 0.29) is 67.7 Å². The van der Waals surface area contributed by atoms with Crippen LogP contribution in [-0.4, -0.2) is 177 Å². The van der Waals surface area contributed by atoms with Crippen LogP contribution in [0.3, 0.4) is 0 Å². The van der Waals surface area contributed by atoms with E-state index >= 15 is 0 Å². The SMILES string of the molecule is CC[C@@H](C)/C=C/C(=O)N1C[C@H](C)C[C@H]1C(=O)N[C@@H](CC(C)C)C(=O)N[C@H](C(=O)NC(C)(C)C(=O)N[C@@H](CC(C)C)C(=O)N[C@@H](CC(C)C)C(=O)NC(C)(C)C(=O)NC(C)(C)C(=O)NCCC(=O)N(O)[C@H](C)CN(C)C)[C@H](O)C(C)C. The number of carbonyl (C=O) groups excluding carboxylic acids is 10. The maximum absolute atomic E-state index is 14.2. The summed E-state index contributed by atoms with van der Waals surface area (Å²) in [6, 6.07) is -6.56. The number of amides is 10. The van der Waals surface area contributed by atoms with Gasteiger partial charge < -0.3 is 57.4 Å². The molecule has 0 aromatic heterocycles. The van der Waals surface area contributed by atoms with E-state index in [4.69, 9.17) is 0 Å². The number of nitrogens with one attached hydrogen (secondary N) is 8. The normalized spacial score (nSPS) is 17.8. The summed E-state index contributed by atoms with van der Waals surface area (Å²) in [7, 11) is 3.60. The molecule has 80 heavy (non-hydrogen) atoms. The summed E-state index contributed by atoms with van der Waals surface area (Å²) in [6.07, 6.45) is 3.20. The third-order valence-corrected chi connectivity index (χ3v) is 13.8. The predicted molar refractivity (Wildman–Crippen MR) is 306 cm³/mol. The number of likely N-dealkylation sites (tertiary alicyclic amines) is 1. The van der Waals surface area contributed by atoms with Crippen molar-refractivity contribution in [1.82, 2.24) is 57.4 Å². The fourth-order valence-electron chi connectivity index (χ4n) is 8.81. The zero-order chi connectivity index (χ0) is 61.9. The van der Waals surface area contributed by atoms with Gasteiger partial charge >= 0.3 is 0 Å². The van der Waals surface area contributed by atoms with Crippen LogP contribution in [0, 0.1) is 35.5 Å². The molecule has 23 nitrogen and oxygen atoms in total. The molecular weight excluding hydrogens is 1030 g/mol. The Morgan fingerprint density at radius 3 is 1.61 bits per heavy atom. The lowest BCUT2D eigenvalue weighted by molar-refractivity contribution is -0.175. The van der Waals surface area contributed by atoms with Gasteiger partial charge in [0.15, 0.2) is 0 Å². The van der Waals surface area contributed by atoms with E-state index in [0.717, 1.165) is 6.42 Å². The Kier molecular flexibility index (Phi) is 29.0. The Morgan fingerprint density at radius 1 is 0.637 bits per heavy atom. The highest BCUT2D eigenvalue weighted by Gasteiger charge is 2.43. The molecule has 1 fully saturated rings. The lowest BCUT2D eigenvalue weighted by Gasteiger charge is -2.34. The third-order valence-electron chi connectivity index (χ3n) is 13.8. The zero-order valence-corrected chi connectivity index (χ0v) is 51.8. The molecule has 0 spiro atoms. The summed E-state index contributed by atoms with van der Waals surface area (Å²) < 4.78 is 0. The summed E-state index contributed by atoms with van der Waals surface area (Å²) in [4.78, 5) is 141. The highest BCUT2D eigenvalue weighted by Crippen LogP contribution is 2.25. The van der Waals surface area contributed by atoms with Gasteiger partial charge in [-0.05, 0) is 130 Å². The van der Waals surface area contributed by atoms with Crippen molar-refractivity contribution < 1.29 is 58.3 Å². The summed E-state index contributed by atoms with van der Waals surface area (Å²) >= 11 is 0. The Labute approximate surface area is 476 Å². The minimum atomic E-state index is -1.77. The van der Waals surface area contributed by atoms with Gasteiger partial charge in [-0.1, -0.05) is 88.7 Å². The van der Waals surface area contributed by atoms with Gasteiger partial charge in [-0.3, -0.25) is 53.2 Å². The highest BCUT2D eigenvalue weighted by atomic mass is 16.5.